The molecule has 2 aromatic heterocycles. The molecule has 23 heavy (non-hydrogen) atoms. The topological polar surface area (TPSA) is 53.9 Å². The van der Waals surface area contributed by atoms with Gasteiger partial charge in [-0.05, 0) is 30.9 Å². The Morgan fingerprint density at radius 2 is 2.04 bits per heavy atom. The summed E-state index contributed by atoms with van der Waals surface area (Å²) >= 11 is 0. The van der Waals surface area contributed by atoms with Crippen LogP contribution in [-0.2, 0) is 6.54 Å². The van der Waals surface area contributed by atoms with Crippen molar-refractivity contribution in [3.63, 3.8) is 0 Å². The van der Waals surface area contributed by atoms with E-state index in [4.69, 9.17) is 0 Å². The molecule has 0 spiro atoms. The molecule has 1 aliphatic heterocycles. The zero-order valence-corrected chi connectivity index (χ0v) is 13.0. The van der Waals surface area contributed by atoms with Crippen molar-refractivity contribution in [3.8, 4) is 0 Å². The Morgan fingerprint density at radius 1 is 1.22 bits per heavy atom. The molecule has 118 valence electrons. The quantitative estimate of drug-likeness (QED) is 0.809. The van der Waals surface area contributed by atoms with Crippen LogP contribution in [0.4, 0.5) is 0 Å². The van der Waals surface area contributed by atoms with Crippen LogP contribution >= 0.6 is 0 Å². The second kappa shape index (κ2) is 5.91. The van der Waals surface area contributed by atoms with Gasteiger partial charge < -0.3 is 9.88 Å². The number of para-hydroxylation sites is 1. The molecule has 1 amide bonds. The van der Waals surface area contributed by atoms with Gasteiger partial charge in [0.1, 0.15) is 0 Å². The van der Waals surface area contributed by atoms with E-state index < -0.39 is 0 Å². The molecule has 0 unspecified atom stereocenters. The largest absolute Gasteiger partial charge is 0.360 e. The number of piperidine rings is 1. The van der Waals surface area contributed by atoms with Crippen molar-refractivity contribution in [1.29, 1.82) is 0 Å². The summed E-state index contributed by atoms with van der Waals surface area (Å²) < 4.78 is 1.99. The number of fused-ring (bicyclic) bond motifs is 1. The molecule has 0 aliphatic carbocycles. The number of amides is 1. The van der Waals surface area contributed by atoms with Crippen molar-refractivity contribution >= 4 is 16.8 Å². The Labute approximate surface area is 134 Å². The van der Waals surface area contributed by atoms with Gasteiger partial charge in [0.25, 0.3) is 5.91 Å². The molecule has 1 N–H and O–H groups in total. The van der Waals surface area contributed by atoms with Crippen LogP contribution in [0.3, 0.4) is 0 Å². The lowest BCUT2D eigenvalue weighted by atomic mass is 9.96. The molecule has 1 saturated heterocycles. The van der Waals surface area contributed by atoms with E-state index in [1.54, 1.807) is 0 Å². The Balaban J connectivity index is 1.43. The van der Waals surface area contributed by atoms with Gasteiger partial charge in [-0.15, -0.1) is 0 Å². The SMILES string of the molecule is O=C(c1c[nH]c2ccccc12)N1CCC(Cn2cccn2)CC1. The number of hydrogen-bond donors (Lipinski definition) is 1. The van der Waals surface area contributed by atoms with E-state index >= 15 is 0 Å². The summed E-state index contributed by atoms with van der Waals surface area (Å²) in [5, 5.41) is 5.28. The molecule has 1 fully saturated rings. The van der Waals surface area contributed by atoms with Crippen molar-refractivity contribution < 1.29 is 4.79 Å². The summed E-state index contributed by atoms with van der Waals surface area (Å²) in [6.45, 7) is 2.59. The van der Waals surface area contributed by atoms with Crippen molar-refractivity contribution in [2.45, 2.75) is 19.4 Å². The predicted molar refractivity (Wildman–Crippen MR) is 89.2 cm³/mol. The zero-order valence-electron chi connectivity index (χ0n) is 13.0. The van der Waals surface area contributed by atoms with Crippen LogP contribution in [0.2, 0.25) is 0 Å². The summed E-state index contributed by atoms with van der Waals surface area (Å²) in [4.78, 5) is 18.0. The zero-order chi connectivity index (χ0) is 15.6. The van der Waals surface area contributed by atoms with Gasteiger partial charge in [-0.1, -0.05) is 18.2 Å². The van der Waals surface area contributed by atoms with Gasteiger partial charge in [-0.25, -0.2) is 0 Å². The van der Waals surface area contributed by atoms with Crippen LogP contribution in [-0.4, -0.2) is 38.7 Å². The molecular weight excluding hydrogens is 288 g/mol. The van der Waals surface area contributed by atoms with Crippen molar-refractivity contribution in [3.05, 3.63) is 54.5 Å². The maximum atomic E-state index is 12.8. The number of nitrogens with one attached hydrogen (secondary N) is 1. The fraction of sp³-hybridized carbons (Fsp3) is 0.333. The van der Waals surface area contributed by atoms with Gasteiger partial charge in [0.05, 0.1) is 5.56 Å². The third-order valence-corrected chi connectivity index (χ3v) is 4.73. The minimum absolute atomic E-state index is 0.139. The number of nitrogens with zero attached hydrogens (tertiary/aromatic N) is 3. The highest BCUT2D eigenvalue weighted by molar-refractivity contribution is 6.06. The molecule has 0 atom stereocenters. The highest BCUT2D eigenvalue weighted by Crippen LogP contribution is 2.24. The number of aromatic nitrogens is 3. The molecule has 3 aromatic rings. The van der Waals surface area contributed by atoms with Crippen LogP contribution in [0.1, 0.15) is 23.2 Å². The molecular formula is C18H20N4O. The first-order valence-corrected chi connectivity index (χ1v) is 8.14. The van der Waals surface area contributed by atoms with Gasteiger partial charge in [0.15, 0.2) is 0 Å². The average Bonchev–Trinajstić information content (AvgIpc) is 3.24. The molecule has 0 saturated carbocycles. The lowest BCUT2D eigenvalue weighted by molar-refractivity contribution is 0.0683. The monoisotopic (exact) mass is 308 g/mol. The first-order chi connectivity index (χ1) is 11.3. The summed E-state index contributed by atoms with van der Waals surface area (Å²) in [7, 11) is 0. The highest BCUT2D eigenvalue weighted by Gasteiger charge is 2.25. The normalized spacial score (nSPS) is 16.1. The first-order valence-electron chi connectivity index (χ1n) is 8.14. The summed E-state index contributed by atoms with van der Waals surface area (Å²) in [6, 6.07) is 9.92. The Hall–Kier alpha value is -2.56. The van der Waals surface area contributed by atoms with E-state index in [1.807, 2.05) is 58.5 Å². The third-order valence-electron chi connectivity index (χ3n) is 4.73. The molecule has 1 aromatic carbocycles. The number of H-pyrrole nitrogens is 1. The number of aromatic amines is 1. The number of carbonyl (C=O) groups excluding carboxylic acids is 1. The average molecular weight is 308 g/mol. The summed E-state index contributed by atoms with van der Waals surface area (Å²) in [5.41, 5.74) is 1.80. The molecule has 4 rings (SSSR count). The maximum absolute atomic E-state index is 12.8. The van der Waals surface area contributed by atoms with Crippen molar-refractivity contribution in [2.75, 3.05) is 13.1 Å². The third kappa shape index (κ3) is 2.74. The number of rotatable bonds is 3. The molecule has 0 bridgehead atoms. The molecule has 3 heterocycles. The highest BCUT2D eigenvalue weighted by atomic mass is 16.2. The van der Waals surface area contributed by atoms with Crippen LogP contribution in [0.5, 0.6) is 0 Å². The second-order valence-corrected chi connectivity index (χ2v) is 6.21. The van der Waals surface area contributed by atoms with Crippen LogP contribution in [0, 0.1) is 5.92 Å². The summed E-state index contributed by atoms with van der Waals surface area (Å²) in [5.74, 6) is 0.738. The van der Waals surface area contributed by atoms with E-state index in [0.717, 1.165) is 48.9 Å². The smallest absolute Gasteiger partial charge is 0.256 e. The molecule has 5 nitrogen and oxygen atoms in total. The van der Waals surface area contributed by atoms with E-state index in [9.17, 15) is 4.79 Å². The number of hydrogen-bond acceptors (Lipinski definition) is 2. The lowest BCUT2D eigenvalue weighted by Crippen LogP contribution is -2.39. The fourth-order valence-corrected chi connectivity index (χ4v) is 3.41. The summed E-state index contributed by atoms with van der Waals surface area (Å²) in [6.07, 6.45) is 7.73. The lowest BCUT2D eigenvalue weighted by Gasteiger charge is -2.32. The van der Waals surface area contributed by atoms with Gasteiger partial charge in [-0.3, -0.25) is 9.48 Å². The van der Waals surface area contributed by atoms with Crippen molar-refractivity contribution in [1.82, 2.24) is 19.7 Å². The van der Waals surface area contributed by atoms with Gasteiger partial charge in [0.2, 0.25) is 0 Å². The molecule has 0 radical (unpaired) electrons. The van der Waals surface area contributed by atoms with E-state index in [0.29, 0.717) is 5.92 Å². The predicted octanol–water partition coefficient (Wildman–Crippen LogP) is 2.92. The van der Waals surface area contributed by atoms with Crippen LogP contribution < -0.4 is 0 Å². The number of likely N-dealkylation sites (tertiary alicyclic amines) is 1. The molecule has 5 heteroatoms. The van der Waals surface area contributed by atoms with Gasteiger partial charge in [0, 0.05) is 49.1 Å². The van der Waals surface area contributed by atoms with E-state index in [-0.39, 0.29) is 5.91 Å². The first kappa shape index (κ1) is 14.1. The van der Waals surface area contributed by atoms with Crippen LogP contribution in [0.15, 0.2) is 48.9 Å². The Kier molecular flexibility index (Phi) is 3.61. The van der Waals surface area contributed by atoms with E-state index in [2.05, 4.69) is 10.1 Å². The van der Waals surface area contributed by atoms with Crippen molar-refractivity contribution in [2.24, 2.45) is 5.92 Å². The number of carbonyl (C=O) groups is 1. The Morgan fingerprint density at radius 3 is 2.83 bits per heavy atom. The second-order valence-electron chi connectivity index (χ2n) is 6.21. The standard InChI is InChI=1S/C18H20N4O/c23-18(16-12-19-17-5-2-1-4-15(16)17)21-10-6-14(7-11-21)13-22-9-3-8-20-22/h1-5,8-9,12,14,19H,6-7,10-11,13H2. The van der Waals surface area contributed by atoms with Crippen LogP contribution in [0.25, 0.3) is 10.9 Å². The fourth-order valence-electron chi connectivity index (χ4n) is 3.41. The number of benzene rings is 1. The minimum atomic E-state index is 0.139. The van der Waals surface area contributed by atoms with Gasteiger partial charge in [-0.2, -0.15) is 5.10 Å². The Bertz CT molecular complexity index is 797. The molecule has 1 aliphatic rings. The van der Waals surface area contributed by atoms with Gasteiger partial charge >= 0.3 is 0 Å². The minimum Gasteiger partial charge on any atom is -0.360 e. The van der Waals surface area contributed by atoms with E-state index in [1.165, 1.54) is 0 Å². The maximum Gasteiger partial charge on any atom is 0.256 e.